The van der Waals surface area contributed by atoms with Gasteiger partial charge in [0.05, 0.1) is 0 Å². The summed E-state index contributed by atoms with van der Waals surface area (Å²) in [6.45, 7) is 8.61. The van der Waals surface area contributed by atoms with Crippen molar-refractivity contribution in [3.63, 3.8) is 0 Å². The van der Waals surface area contributed by atoms with E-state index in [9.17, 15) is 0 Å². The van der Waals surface area contributed by atoms with Gasteiger partial charge in [-0.3, -0.25) is 0 Å². The lowest BCUT2D eigenvalue weighted by molar-refractivity contribution is 0.628. The molecule has 0 spiro atoms. The van der Waals surface area contributed by atoms with Crippen LogP contribution in [0.2, 0.25) is 0 Å². The number of fused-ring (bicyclic) bond motifs is 1. The Balaban J connectivity index is 2.14. The number of nitrogens with two attached hydrogens (primary N) is 1. The number of hydrogen-bond donors (Lipinski definition) is 1. The molecule has 1 atom stereocenters. The fourth-order valence-corrected chi connectivity index (χ4v) is 3.57. The van der Waals surface area contributed by atoms with Crippen molar-refractivity contribution >= 4 is 25.0 Å². The van der Waals surface area contributed by atoms with Crippen LogP contribution in [0.3, 0.4) is 0 Å². The van der Waals surface area contributed by atoms with Gasteiger partial charge in [0, 0.05) is 0 Å². The molecule has 0 radical (unpaired) electrons. The van der Waals surface area contributed by atoms with E-state index >= 15 is 0 Å². The van der Waals surface area contributed by atoms with Crippen LogP contribution in [0.15, 0.2) is 18.2 Å². The first kappa shape index (κ1) is 13.7. The Morgan fingerprint density at radius 2 is 2.15 bits per heavy atom. The summed E-state index contributed by atoms with van der Waals surface area (Å²) in [6, 6.07) is 2.34. The zero-order chi connectivity index (χ0) is 14.3. The summed E-state index contributed by atoms with van der Waals surface area (Å²) in [6.07, 6.45) is 9.45. The second kappa shape index (κ2) is 5.25. The van der Waals surface area contributed by atoms with Crippen LogP contribution < -0.4 is 11.1 Å². The van der Waals surface area contributed by atoms with Crippen molar-refractivity contribution in [2.75, 3.05) is 0 Å². The third-order valence-electron chi connectivity index (χ3n) is 4.86. The van der Waals surface area contributed by atoms with Crippen LogP contribution in [0.4, 0.5) is 0 Å². The zero-order valence-electron chi connectivity index (χ0n) is 12.7. The van der Waals surface area contributed by atoms with Crippen molar-refractivity contribution in [1.29, 1.82) is 0 Å². The standard InChI is InChI=1S/C18H24BN/c1-4-13-10-15-7-11(2)8-16(15)18(19-20)17(13)9-12(3)14-5-6-14/h4,9-11,14,19H,1,5-8,20H2,2-3H3/b12-9+. The van der Waals surface area contributed by atoms with Crippen LogP contribution in [0.5, 0.6) is 0 Å². The van der Waals surface area contributed by atoms with Crippen LogP contribution in [0, 0.1) is 11.8 Å². The number of rotatable bonds is 4. The molecule has 3 rings (SSSR count). The van der Waals surface area contributed by atoms with Gasteiger partial charge in [-0.1, -0.05) is 42.8 Å². The summed E-state index contributed by atoms with van der Waals surface area (Å²) in [5.74, 6) is 1.56. The van der Waals surface area contributed by atoms with Gasteiger partial charge in [-0.25, -0.2) is 0 Å². The summed E-state index contributed by atoms with van der Waals surface area (Å²) in [4.78, 5) is 0. The lowest BCUT2D eigenvalue weighted by Crippen LogP contribution is -2.30. The minimum absolute atomic E-state index is 0.639. The molecule has 2 heteroatoms. The molecule has 1 saturated carbocycles. The predicted octanol–water partition coefficient (Wildman–Crippen LogP) is 2.81. The van der Waals surface area contributed by atoms with Crippen LogP contribution >= 0.6 is 0 Å². The Hall–Kier alpha value is -1.28. The molecule has 104 valence electrons. The van der Waals surface area contributed by atoms with Gasteiger partial charge >= 0.3 is 0 Å². The third kappa shape index (κ3) is 2.38. The maximum absolute atomic E-state index is 6.10. The molecule has 1 nitrogen and oxygen atoms in total. The topological polar surface area (TPSA) is 26.0 Å². The molecule has 0 aliphatic heterocycles. The fraction of sp³-hybridized carbons (Fsp3) is 0.444. The molecular weight excluding hydrogens is 241 g/mol. The molecule has 0 aromatic heterocycles. The third-order valence-corrected chi connectivity index (χ3v) is 4.86. The second-order valence-electron chi connectivity index (χ2n) is 6.58. The summed E-state index contributed by atoms with van der Waals surface area (Å²) in [7, 11) is 0.639. The molecule has 1 unspecified atom stereocenters. The van der Waals surface area contributed by atoms with Gasteiger partial charge in [0.15, 0.2) is 0 Å². The number of hydrogen-bond acceptors (Lipinski definition) is 1. The normalized spacial score (nSPS) is 21.8. The number of benzene rings is 1. The van der Waals surface area contributed by atoms with Crippen molar-refractivity contribution in [3.05, 3.63) is 40.5 Å². The minimum atomic E-state index is 0.639. The Morgan fingerprint density at radius 1 is 1.40 bits per heavy atom. The van der Waals surface area contributed by atoms with E-state index in [1.165, 1.54) is 59.0 Å². The Morgan fingerprint density at radius 3 is 2.75 bits per heavy atom. The van der Waals surface area contributed by atoms with Gasteiger partial charge in [-0.05, 0) is 66.7 Å². The van der Waals surface area contributed by atoms with Crippen LogP contribution in [-0.4, -0.2) is 7.41 Å². The van der Waals surface area contributed by atoms with Crippen LogP contribution in [-0.2, 0) is 12.8 Å². The van der Waals surface area contributed by atoms with Crippen LogP contribution in [0.25, 0.3) is 12.2 Å². The average molecular weight is 265 g/mol. The average Bonchev–Trinajstić information content (AvgIpc) is 3.20. The van der Waals surface area contributed by atoms with E-state index < -0.39 is 0 Å². The largest absolute Gasteiger partial charge is 0.369 e. The highest BCUT2D eigenvalue weighted by atomic mass is 14.4. The summed E-state index contributed by atoms with van der Waals surface area (Å²) in [5, 5.41) is 0. The maximum atomic E-state index is 6.10. The summed E-state index contributed by atoms with van der Waals surface area (Å²) >= 11 is 0. The molecule has 20 heavy (non-hydrogen) atoms. The first-order chi connectivity index (χ1) is 9.63. The molecule has 0 heterocycles. The Kier molecular flexibility index (Phi) is 3.60. The quantitative estimate of drug-likeness (QED) is 0.832. The zero-order valence-corrected chi connectivity index (χ0v) is 12.7. The first-order valence-electron chi connectivity index (χ1n) is 7.82. The Labute approximate surface area is 123 Å². The lowest BCUT2D eigenvalue weighted by atomic mass is 9.74. The van der Waals surface area contributed by atoms with Crippen molar-refractivity contribution in [1.82, 2.24) is 0 Å². The highest BCUT2D eigenvalue weighted by Crippen LogP contribution is 2.37. The molecule has 2 aliphatic carbocycles. The van der Waals surface area contributed by atoms with Gasteiger partial charge in [-0.15, -0.1) is 0 Å². The molecule has 0 amide bonds. The Bertz CT molecular complexity index is 582. The highest BCUT2D eigenvalue weighted by molar-refractivity contribution is 6.52. The van der Waals surface area contributed by atoms with Gasteiger partial charge in [-0.2, -0.15) is 0 Å². The summed E-state index contributed by atoms with van der Waals surface area (Å²) in [5.41, 5.74) is 14.6. The van der Waals surface area contributed by atoms with E-state index in [0.717, 1.165) is 11.8 Å². The predicted molar refractivity (Wildman–Crippen MR) is 90.5 cm³/mol. The maximum Gasteiger partial charge on any atom is 0.234 e. The molecule has 2 aliphatic rings. The molecule has 0 saturated heterocycles. The van der Waals surface area contributed by atoms with Gasteiger partial charge in [0.1, 0.15) is 0 Å². The van der Waals surface area contributed by atoms with E-state index in [0.29, 0.717) is 7.41 Å². The van der Waals surface area contributed by atoms with E-state index in [1.54, 1.807) is 0 Å². The molecule has 1 aromatic rings. The monoisotopic (exact) mass is 265 g/mol. The first-order valence-corrected chi connectivity index (χ1v) is 7.82. The highest BCUT2D eigenvalue weighted by Gasteiger charge is 2.26. The van der Waals surface area contributed by atoms with E-state index in [2.05, 4.69) is 32.6 Å². The van der Waals surface area contributed by atoms with Gasteiger partial charge in [0.2, 0.25) is 7.41 Å². The van der Waals surface area contributed by atoms with Crippen molar-refractivity contribution in [2.24, 2.45) is 17.5 Å². The number of allylic oxidation sites excluding steroid dienone is 1. The molecule has 1 fully saturated rings. The molecule has 2 N–H and O–H groups in total. The van der Waals surface area contributed by atoms with E-state index in [4.69, 9.17) is 5.64 Å². The SMILES string of the molecule is C=Cc1cc2c(c(BN)c1/C=C(\C)C1CC1)CC(C)C2. The van der Waals surface area contributed by atoms with Crippen molar-refractivity contribution < 1.29 is 0 Å². The smallest absolute Gasteiger partial charge is 0.234 e. The summed E-state index contributed by atoms with van der Waals surface area (Å²) < 4.78 is 0. The molecular formula is C18H24BN. The van der Waals surface area contributed by atoms with Gasteiger partial charge in [0.25, 0.3) is 0 Å². The molecule has 1 aromatic carbocycles. The van der Waals surface area contributed by atoms with E-state index in [-0.39, 0.29) is 0 Å². The van der Waals surface area contributed by atoms with Crippen LogP contribution in [0.1, 0.15) is 48.9 Å². The molecule has 0 bridgehead atoms. The van der Waals surface area contributed by atoms with Gasteiger partial charge < -0.3 is 5.64 Å². The van der Waals surface area contributed by atoms with Crippen molar-refractivity contribution in [2.45, 2.75) is 39.5 Å². The minimum Gasteiger partial charge on any atom is -0.369 e. The lowest BCUT2D eigenvalue weighted by Gasteiger charge is -2.15. The fourth-order valence-electron chi connectivity index (χ4n) is 3.57. The second-order valence-corrected chi connectivity index (χ2v) is 6.58. The van der Waals surface area contributed by atoms with E-state index in [1.807, 2.05) is 6.08 Å². The van der Waals surface area contributed by atoms with Crippen molar-refractivity contribution in [3.8, 4) is 0 Å².